The number of rotatable bonds is 6. The summed E-state index contributed by atoms with van der Waals surface area (Å²) >= 11 is 0. The summed E-state index contributed by atoms with van der Waals surface area (Å²) in [5, 5.41) is 3.30. The first-order chi connectivity index (χ1) is 9.65. The second kappa shape index (κ2) is 5.84. The van der Waals surface area contributed by atoms with E-state index in [0.717, 1.165) is 19.3 Å². The maximum Gasteiger partial charge on any atom is 0.240 e. The third kappa shape index (κ3) is 3.40. The predicted octanol–water partition coefficient (Wildman–Crippen LogP) is 1.60. The lowest BCUT2D eigenvalue weighted by atomic mass is 9.92. The van der Waals surface area contributed by atoms with Crippen LogP contribution in [0.1, 0.15) is 36.8 Å². The van der Waals surface area contributed by atoms with Crippen LogP contribution in [0.3, 0.4) is 0 Å². The third-order valence-electron chi connectivity index (χ3n) is 4.06. The summed E-state index contributed by atoms with van der Waals surface area (Å²) in [6.45, 7) is 1.16. The molecule has 20 heavy (non-hydrogen) atoms. The molecule has 0 atom stereocenters. The SMILES string of the molecule is O=S(=O)(NCCNC1CC1)c1ccc2c(c1)CCCC2. The van der Waals surface area contributed by atoms with Gasteiger partial charge in [0.15, 0.2) is 0 Å². The minimum atomic E-state index is -3.36. The van der Waals surface area contributed by atoms with Gasteiger partial charge in [-0.1, -0.05) is 6.07 Å². The van der Waals surface area contributed by atoms with Crippen molar-refractivity contribution in [1.29, 1.82) is 0 Å². The Kier molecular flexibility index (Phi) is 4.10. The van der Waals surface area contributed by atoms with Crippen LogP contribution in [0.5, 0.6) is 0 Å². The van der Waals surface area contributed by atoms with Gasteiger partial charge in [-0.15, -0.1) is 0 Å². The van der Waals surface area contributed by atoms with Crippen LogP contribution < -0.4 is 10.0 Å². The summed E-state index contributed by atoms with van der Waals surface area (Å²) in [4.78, 5) is 0.407. The van der Waals surface area contributed by atoms with Crippen LogP contribution in [0, 0.1) is 0 Å². The van der Waals surface area contributed by atoms with Gasteiger partial charge in [-0.3, -0.25) is 0 Å². The molecule has 0 bridgehead atoms. The summed E-state index contributed by atoms with van der Waals surface area (Å²) in [5.41, 5.74) is 2.51. The van der Waals surface area contributed by atoms with E-state index in [2.05, 4.69) is 10.0 Å². The standard InChI is InChI=1S/C15H22N2O2S/c18-20(19,17-10-9-16-14-6-7-14)15-8-5-12-3-1-2-4-13(12)11-15/h5,8,11,14,16-17H,1-4,6-7,9-10H2. The van der Waals surface area contributed by atoms with E-state index < -0.39 is 10.0 Å². The van der Waals surface area contributed by atoms with Gasteiger partial charge < -0.3 is 5.32 Å². The number of fused-ring (bicyclic) bond motifs is 1. The van der Waals surface area contributed by atoms with Crippen molar-refractivity contribution >= 4 is 10.0 Å². The van der Waals surface area contributed by atoms with E-state index in [4.69, 9.17) is 0 Å². The van der Waals surface area contributed by atoms with Crippen LogP contribution in [-0.4, -0.2) is 27.5 Å². The largest absolute Gasteiger partial charge is 0.313 e. The highest BCUT2D eigenvalue weighted by Gasteiger charge is 2.21. The van der Waals surface area contributed by atoms with Gasteiger partial charge in [-0.2, -0.15) is 0 Å². The van der Waals surface area contributed by atoms with E-state index in [9.17, 15) is 8.42 Å². The molecule has 5 heteroatoms. The Labute approximate surface area is 121 Å². The molecular formula is C15H22N2O2S. The molecule has 0 spiro atoms. The lowest BCUT2D eigenvalue weighted by Gasteiger charge is -2.16. The van der Waals surface area contributed by atoms with E-state index in [0.29, 0.717) is 24.0 Å². The quantitative estimate of drug-likeness (QED) is 0.784. The Morgan fingerprint density at radius 2 is 1.80 bits per heavy atom. The van der Waals surface area contributed by atoms with Gasteiger partial charge in [0.2, 0.25) is 10.0 Å². The topological polar surface area (TPSA) is 58.2 Å². The first-order valence-corrected chi connectivity index (χ1v) is 8.98. The number of nitrogens with one attached hydrogen (secondary N) is 2. The summed E-state index contributed by atoms with van der Waals surface area (Å²) in [5.74, 6) is 0. The molecule has 1 fully saturated rings. The van der Waals surface area contributed by atoms with Crippen molar-refractivity contribution in [3.8, 4) is 0 Å². The summed E-state index contributed by atoms with van der Waals surface area (Å²) in [6.07, 6.45) is 6.89. The molecule has 0 aliphatic heterocycles. The Bertz CT molecular complexity index is 580. The maximum atomic E-state index is 12.2. The molecule has 3 rings (SSSR count). The molecule has 0 radical (unpaired) electrons. The molecule has 0 heterocycles. The molecule has 0 unspecified atom stereocenters. The van der Waals surface area contributed by atoms with Gasteiger partial charge in [0.1, 0.15) is 0 Å². The van der Waals surface area contributed by atoms with Crippen LogP contribution in [0.15, 0.2) is 23.1 Å². The molecular weight excluding hydrogens is 272 g/mol. The highest BCUT2D eigenvalue weighted by molar-refractivity contribution is 7.89. The van der Waals surface area contributed by atoms with Crippen molar-refractivity contribution in [3.63, 3.8) is 0 Å². The van der Waals surface area contributed by atoms with Crippen LogP contribution in [0.4, 0.5) is 0 Å². The van der Waals surface area contributed by atoms with E-state index in [1.807, 2.05) is 12.1 Å². The highest BCUT2D eigenvalue weighted by atomic mass is 32.2. The number of sulfonamides is 1. The van der Waals surface area contributed by atoms with Gasteiger partial charge >= 0.3 is 0 Å². The average molecular weight is 294 g/mol. The van der Waals surface area contributed by atoms with Crippen LogP contribution >= 0.6 is 0 Å². The fourth-order valence-corrected chi connectivity index (χ4v) is 3.79. The average Bonchev–Trinajstić information content (AvgIpc) is 3.27. The molecule has 0 amide bonds. The first kappa shape index (κ1) is 14.0. The van der Waals surface area contributed by atoms with Crippen LogP contribution in [-0.2, 0) is 22.9 Å². The van der Waals surface area contributed by atoms with Crippen molar-refractivity contribution < 1.29 is 8.42 Å². The zero-order chi connectivity index (χ0) is 14.0. The molecule has 1 aromatic carbocycles. The minimum absolute atomic E-state index is 0.407. The fourth-order valence-electron chi connectivity index (χ4n) is 2.71. The zero-order valence-electron chi connectivity index (χ0n) is 11.7. The van der Waals surface area contributed by atoms with Crippen molar-refractivity contribution in [2.75, 3.05) is 13.1 Å². The zero-order valence-corrected chi connectivity index (χ0v) is 12.5. The van der Waals surface area contributed by atoms with Crippen LogP contribution in [0.25, 0.3) is 0 Å². The molecule has 2 aliphatic rings. The molecule has 2 aliphatic carbocycles. The monoisotopic (exact) mass is 294 g/mol. The number of hydrogen-bond donors (Lipinski definition) is 2. The van der Waals surface area contributed by atoms with Crippen LogP contribution in [0.2, 0.25) is 0 Å². The third-order valence-corrected chi connectivity index (χ3v) is 5.52. The molecule has 2 N–H and O–H groups in total. The first-order valence-electron chi connectivity index (χ1n) is 7.50. The summed E-state index contributed by atoms with van der Waals surface area (Å²) in [6, 6.07) is 6.18. The second-order valence-electron chi connectivity index (χ2n) is 5.76. The number of benzene rings is 1. The Balaban J connectivity index is 1.63. The van der Waals surface area contributed by atoms with Gasteiger partial charge in [0.05, 0.1) is 4.90 Å². The molecule has 1 aromatic rings. The molecule has 1 saturated carbocycles. The van der Waals surface area contributed by atoms with E-state index in [-0.39, 0.29) is 0 Å². The summed E-state index contributed by atoms with van der Waals surface area (Å²) < 4.78 is 27.2. The van der Waals surface area contributed by atoms with Crippen molar-refractivity contribution in [1.82, 2.24) is 10.0 Å². The molecule has 0 saturated heterocycles. The number of hydrogen-bond acceptors (Lipinski definition) is 3. The smallest absolute Gasteiger partial charge is 0.240 e. The highest BCUT2D eigenvalue weighted by Crippen LogP contribution is 2.24. The van der Waals surface area contributed by atoms with E-state index in [1.54, 1.807) is 6.07 Å². The maximum absolute atomic E-state index is 12.2. The Morgan fingerprint density at radius 3 is 2.55 bits per heavy atom. The Hall–Kier alpha value is -0.910. The lowest BCUT2D eigenvalue weighted by molar-refractivity contribution is 0.575. The van der Waals surface area contributed by atoms with Gasteiger partial charge in [-0.05, 0) is 61.8 Å². The Morgan fingerprint density at radius 1 is 1.05 bits per heavy atom. The van der Waals surface area contributed by atoms with Gasteiger partial charge in [0, 0.05) is 19.1 Å². The molecule has 0 aromatic heterocycles. The number of aryl methyl sites for hydroxylation is 2. The minimum Gasteiger partial charge on any atom is -0.313 e. The van der Waals surface area contributed by atoms with Gasteiger partial charge in [-0.25, -0.2) is 13.1 Å². The van der Waals surface area contributed by atoms with Crippen molar-refractivity contribution in [3.05, 3.63) is 29.3 Å². The lowest BCUT2D eigenvalue weighted by Crippen LogP contribution is -2.32. The predicted molar refractivity (Wildman–Crippen MR) is 79.3 cm³/mol. The van der Waals surface area contributed by atoms with Crippen molar-refractivity contribution in [2.24, 2.45) is 0 Å². The normalized spacial score (nSPS) is 18.8. The fraction of sp³-hybridized carbons (Fsp3) is 0.600. The van der Waals surface area contributed by atoms with E-state index in [1.165, 1.54) is 30.4 Å². The van der Waals surface area contributed by atoms with Gasteiger partial charge in [0.25, 0.3) is 0 Å². The molecule has 110 valence electrons. The van der Waals surface area contributed by atoms with Crippen molar-refractivity contribution in [2.45, 2.75) is 49.5 Å². The molecule has 4 nitrogen and oxygen atoms in total. The van der Waals surface area contributed by atoms with E-state index >= 15 is 0 Å². The summed E-state index contributed by atoms with van der Waals surface area (Å²) in [7, 11) is -3.36. The second-order valence-corrected chi connectivity index (χ2v) is 7.53.